The summed E-state index contributed by atoms with van der Waals surface area (Å²) >= 11 is 0. The standard InChI is InChI=1S/C17H22N6O4/c1-7-27-12(24)8-22-15(25)13-14(21(6)17(22)26)18-16(20(13)5)23-11(4)9(2)10(3)19-23/h7-8H2,1-6H3. The third kappa shape index (κ3) is 2.77. The van der Waals surface area contributed by atoms with Crippen LogP contribution in [-0.2, 0) is 30.2 Å². The second kappa shape index (κ2) is 6.53. The van der Waals surface area contributed by atoms with E-state index in [9.17, 15) is 14.4 Å². The average Bonchev–Trinajstić information content (AvgIpc) is 3.09. The highest BCUT2D eigenvalue weighted by Gasteiger charge is 2.22. The summed E-state index contributed by atoms with van der Waals surface area (Å²) in [7, 11) is 3.19. The number of rotatable bonds is 4. The van der Waals surface area contributed by atoms with E-state index >= 15 is 0 Å². The van der Waals surface area contributed by atoms with E-state index in [1.807, 2.05) is 20.8 Å². The molecule has 10 heteroatoms. The molecule has 0 aliphatic heterocycles. The van der Waals surface area contributed by atoms with Crippen LogP contribution in [0.2, 0.25) is 0 Å². The van der Waals surface area contributed by atoms with Gasteiger partial charge < -0.3 is 9.30 Å². The smallest absolute Gasteiger partial charge is 0.333 e. The molecule has 3 heterocycles. The van der Waals surface area contributed by atoms with Gasteiger partial charge in [0.15, 0.2) is 11.2 Å². The van der Waals surface area contributed by atoms with Crippen molar-refractivity contribution in [1.29, 1.82) is 0 Å². The third-order valence-corrected chi connectivity index (χ3v) is 4.77. The number of hydrogen-bond acceptors (Lipinski definition) is 6. The molecule has 3 aromatic heterocycles. The van der Waals surface area contributed by atoms with Gasteiger partial charge in [-0.1, -0.05) is 0 Å². The fourth-order valence-corrected chi connectivity index (χ4v) is 3.01. The van der Waals surface area contributed by atoms with Gasteiger partial charge in [-0.25, -0.2) is 14.0 Å². The lowest BCUT2D eigenvalue weighted by atomic mass is 10.2. The van der Waals surface area contributed by atoms with Crippen LogP contribution in [0.5, 0.6) is 0 Å². The van der Waals surface area contributed by atoms with Gasteiger partial charge in [-0.05, 0) is 33.3 Å². The summed E-state index contributed by atoms with van der Waals surface area (Å²) in [5.41, 5.74) is 1.98. The van der Waals surface area contributed by atoms with Crippen molar-refractivity contribution in [3.63, 3.8) is 0 Å². The summed E-state index contributed by atoms with van der Waals surface area (Å²) in [6, 6.07) is 0. The minimum Gasteiger partial charge on any atom is -0.465 e. The zero-order valence-electron chi connectivity index (χ0n) is 16.2. The number of imidazole rings is 1. The van der Waals surface area contributed by atoms with Gasteiger partial charge in [0, 0.05) is 19.8 Å². The normalized spacial score (nSPS) is 11.3. The van der Waals surface area contributed by atoms with E-state index in [1.54, 1.807) is 23.2 Å². The van der Waals surface area contributed by atoms with Crippen LogP contribution in [0.4, 0.5) is 0 Å². The van der Waals surface area contributed by atoms with Crippen LogP contribution < -0.4 is 11.2 Å². The van der Waals surface area contributed by atoms with Crippen LogP contribution >= 0.6 is 0 Å². The molecule has 0 amide bonds. The van der Waals surface area contributed by atoms with Crippen LogP contribution in [0.3, 0.4) is 0 Å². The molecule has 0 unspecified atom stereocenters. The first kappa shape index (κ1) is 18.6. The molecule has 3 aromatic rings. The minimum absolute atomic E-state index is 0.170. The Morgan fingerprint density at radius 2 is 1.78 bits per heavy atom. The Morgan fingerprint density at radius 3 is 2.33 bits per heavy atom. The van der Waals surface area contributed by atoms with E-state index in [1.165, 1.54) is 11.6 Å². The van der Waals surface area contributed by atoms with Crippen molar-refractivity contribution in [2.24, 2.45) is 14.1 Å². The molecule has 0 bridgehead atoms. The number of carbonyl (C=O) groups is 1. The van der Waals surface area contributed by atoms with Crippen molar-refractivity contribution >= 4 is 17.1 Å². The first-order valence-corrected chi connectivity index (χ1v) is 8.54. The summed E-state index contributed by atoms with van der Waals surface area (Å²) in [4.78, 5) is 41.8. The molecule has 0 aromatic carbocycles. The largest absolute Gasteiger partial charge is 0.465 e. The average molecular weight is 374 g/mol. The molecule has 0 aliphatic carbocycles. The number of ether oxygens (including phenoxy) is 1. The Morgan fingerprint density at radius 1 is 1.11 bits per heavy atom. The predicted molar refractivity (Wildman–Crippen MR) is 98.2 cm³/mol. The molecule has 3 rings (SSSR count). The maximum Gasteiger partial charge on any atom is 0.333 e. The van der Waals surface area contributed by atoms with Gasteiger partial charge in [0.1, 0.15) is 6.54 Å². The van der Waals surface area contributed by atoms with E-state index in [2.05, 4.69) is 10.1 Å². The number of carbonyl (C=O) groups excluding carboxylic acids is 1. The van der Waals surface area contributed by atoms with Crippen molar-refractivity contribution in [2.45, 2.75) is 34.2 Å². The lowest BCUT2D eigenvalue weighted by molar-refractivity contribution is -0.143. The molecular weight excluding hydrogens is 352 g/mol. The second-order valence-electron chi connectivity index (χ2n) is 6.39. The maximum atomic E-state index is 12.9. The van der Waals surface area contributed by atoms with E-state index in [-0.39, 0.29) is 17.8 Å². The van der Waals surface area contributed by atoms with Crippen LogP contribution in [-0.4, -0.2) is 41.0 Å². The molecule has 0 spiro atoms. The number of nitrogens with zero attached hydrogens (tertiary/aromatic N) is 6. The summed E-state index contributed by atoms with van der Waals surface area (Å²) in [6.45, 7) is 7.14. The highest BCUT2D eigenvalue weighted by atomic mass is 16.5. The Kier molecular flexibility index (Phi) is 4.50. The first-order valence-electron chi connectivity index (χ1n) is 8.54. The molecule has 0 atom stereocenters. The Balaban J connectivity index is 2.30. The monoisotopic (exact) mass is 374 g/mol. The SMILES string of the molecule is CCOC(=O)Cn1c(=O)c2c(nc(-n3nc(C)c(C)c3C)n2C)n(C)c1=O. The number of aromatic nitrogens is 6. The second-order valence-corrected chi connectivity index (χ2v) is 6.39. The Bertz CT molecular complexity index is 1180. The summed E-state index contributed by atoms with van der Waals surface area (Å²) < 4.78 is 10.2. The molecule has 0 aliphatic rings. The lowest BCUT2D eigenvalue weighted by Gasteiger charge is -2.08. The fourth-order valence-electron chi connectivity index (χ4n) is 3.01. The van der Waals surface area contributed by atoms with E-state index < -0.39 is 23.8 Å². The highest BCUT2D eigenvalue weighted by Crippen LogP contribution is 2.18. The van der Waals surface area contributed by atoms with Crippen LogP contribution in [0.1, 0.15) is 23.9 Å². The van der Waals surface area contributed by atoms with Gasteiger partial charge in [-0.2, -0.15) is 10.1 Å². The van der Waals surface area contributed by atoms with E-state index in [0.717, 1.165) is 21.5 Å². The van der Waals surface area contributed by atoms with Crippen LogP contribution in [0.15, 0.2) is 9.59 Å². The van der Waals surface area contributed by atoms with Crippen molar-refractivity contribution in [3.05, 3.63) is 37.8 Å². The third-order valence-electron chi connectivity index (χ3n) is 4.77. The summed E-state index contributed by atoms with van der Waals surface area (Å²) in [5, 5.41) is 4.48. The number of aryl methyl sites for hydroxylation is 3. The van der Waals surface area contributed by atoms with Crippen molar-refractivity contribution in [1.82, 2.24) is 28.5 Å². The zero-order chi connectivity index (χ0) is 20.0. The Labute approximate surface area is 154 Å². The van der Waals surface area contributed by atoms with Crippen molar-refractivity contribution < 1.29 is 9.53 Å². The zero-order valence-corrected chi connectivity index (χ0v) is 16.2. The summed E-state index contributed by atoms with van der Waals surface area (Å²) in [6.07, 6.45) is 0. The Hall–Kier alpha value is -3.17. The number of fused-ring (bicyclic) bond motifs is 1. The summed E-state index contributed by atoms with van der Waals surface area (Å²) in [5.74, 6) is -0.229. The van der Waals surface area contributed by atoms with Gasteiger partial charge in [0.2, 0.25) is 5.95 Å². The maximum absolute atomic E-state index is 12.9. The van der Waals surface area contributed by atoms with Gasteiger partial charge in [-0.15, -0.1) is 0 Å². The molecule has 144 valence electrons. The quantitative estimate of drug-likeness (QED) is 0.600. The first-order chi connectivity index (χ1) is 12.7. The molecular formula is C17H22N6O4. The van der Waals surface area contributed by atoms with Gasteiger partial charge in [0.05, 0.1) is 12.3 Å². The molecule has 0 saturated carbocycles. The van der Waals surface area contributed by atoms with Gasteiger partial charge in [0.25, 0.3) is 5.56 Å². The van der Waals surface area contributed by atoms with E-state index in [4.69, 9.17) is 4.74 Å². The number of hydrogen-bond donors (Lipinski definition) is 0. The molecule has 0 fully saturated rings. The van der Waals surface area contributed by atoms with Crippen LogP contribution in [0.25, 0.3) is 17.1 Å². The van der Waals surface area contributed by atoms with Crippen molar-refractivity contribution in [2.75, 3.05) is 6.61 Å². The lowest BCUT2D eigenvalue weighted by Crippen LogP contribution is -2.41. The topological polar surface area (TPSA) is 106 Å². The fraction of sp³-hybridized carbons (Fsp3) is 0.471. The van der Waals surface area contributed by atoms with Crippen molar-refractivity contribution in [3.8, 4) is 5.95 Å². The highest BCUT2D eigenvalue weighted by molar-refractivity contribution is 5.74. The molecule has 0 radical (unpaired) electrons. The van der Waals surface area contributed by atoms with Crippen LogP contribution in [0, 0.1) is 20.8 Å². The van der Waals surface area contributed by atoms with Gasteiger partial charge >= 0.3 is 11.7 Å². The minimum atomic E-state index is -0.646. The molecule has 0 saturated heterocycles. The number of esters is 1. The molecule has 27 heavy (non-hydrogen) atoms. The predicted octanol–water partition coefficient (Wildman–Crippen LogP) is 0.108. The molecule has 10 nitrogen and oxygen atoms in total. The van der Waals surface area contributed by atoms with Gasteiger partial charge in [-0.3, -0.25) is 14.2 Å². The molecule has 0 N–H and O–H groups in total. The van der Waals surface area contributed by atoms with E-state index in [0.29, 0.717) is 5.95 Å².